The number of hydrogen-bond acceptors (Lipinski definition) is 5. The predicted molar refractivity (Wildman–Crippen MR) is 111 cm³/mol. The summed E-state index contributed by atoms with van der Waals surface area (Å²) < 4.78 is 18.9. The van der Waals surface area contributed by atoms with Crippen LogP contribution in [-0.4, -0.2) is 40.5 Å². The number of carbonyl (C=O) groups is 1. The molecule has 4 rings (SSSR count). The van der Waals surface area contributed by atoms with Gasteiger partial charge in [0.2, 0.25) is 0 Å². The fourth-order valence-electron chi connectivity index (χ4n) is 2.88. The molecule has 0 aliphatic heterocycles. The maximum absolute atomic E-state index is 13.6. The molecule has 2 N–H and O–H groups in total. The number of carbonyl (C=O) groups excluding carboxylic acids is 1. The maximum Gasteiger partial charge on any atom is 0.252 e. The van der Waals surface area contributed by atoms with Gasteiger partial charge in [-0.3, -0.25) is 4.79 Å². The van der Waals surface area contributed by atoms with Crippen LogP contribution in [0, 0.1) is 5.82 Å². The van der Waals surface area contributed by atoms with E-state index in [4.69, 9.17) is 4.74 Å². The normalized spacial score (nSPS) is 14.6. The zero-order chi connectivity index (χ0) is 20.2. The van der Waals surface area contributed by atoms with Crippen LogP contribution in [0.1, 0.15) is 23.2 Å². The Morgan fingerprint density at radius 2 is 2.00 bits per heavy atom. The van der Waals surface area contributed by atoms with E-state index in [1.165, 1.54) is 23.9 Å². The molecule has 2 aromatic carbocycles. The molecule has 0 spiro atoms. The minimum absolute atomic E-state index is 0.0312. The van der Waals surface area contributed by atoms with Gasteiger partial charge in [-0.05, 0) is 37.1 Å². The van der Waals surface area contributed by atoms with Crippen molar-refractivity contribution < 1.29 is 19.0 Å². The zero-order valence-electron chi connectivity index (χ0n) is 15.7. The Morgan fingerprint density at radius 3 is 2.79 bits per heavy atom. The number of amides is 1. The van der Waals surface area contributed by atoms with Crippen molar-refractivity contribution in [3.63, 3.8) is 0 Å². The number of nitrogens with zero attached hydrogens (tertiary/aromatic N) is 1. The summed E-state index contributed by atoms with van der Waals surface area (Å²) in [6, 6.07) is 15.6. The summed E-state index contributed by atoms with van der Waals surface area (Å²) in [7, 11) is 0. The quantitative estimate of drug-likeness (QED) is 0.551. The van der Waals surface area contributed by atoms with Crippen LogP contribution < -0.4 is 10.1 Å². The number of hydrogen-bond donors (Lipinski definition) is 2. The predicted octanol–water partition coefficient (Wildman–Crippen LogP) is 3.80. The first kappa shape index (κ1) is 19.7. The van der Waals surface area contributed by atoms with Crippen LogP contribution in [0.2, 0.25) is 0 Å². The number of rotatable bonds is 8. The summed E-state index contributed by atoms with van der Waals surface area (Å²) in [6.07, 6.45) is 1.23. The highest BCUT2D eigenvalue weighted by atomic mass is 32.2. The number of nitrogens with one attached hydrogen (secondary N) is 1. The van der Waals surface area contributed by atoms with E-state index in [1.54, 1.807) is 18.2 Å². The largest absolute Gasteiger partial charge is 0.488 e. The van der Waals surface area contributed by atoms with Gasteiger partial charge in [-0.25, -0.2) is 9.37 Å². The molecular formula is C22H21FN2O3S. The van der Waals surface area contributed by atoms with Crippen LogP contribution in [-0.2, 0) is 0 Å². The van der Waals surface area contributed by atoms with Gasteiger partial charge in [0, 0.05) is 17.2 Å². The van der Waals surface area contributed by atoms with Crippen molar-refractivity contribution in [1.82, 2.24) is 10.3 Å². The van der Waals surface area contributed by atoms with E-state index in [0.29, 0.717) is 16.3 Å². The number of benzene rings is 2. The second-order valence-electron chi connectivity index (χ2n) is 6.98. The van der Waals surface area contributed by atoms with Gasteiger partial charge in [-0.15, -0.1) is 11.8 Å². The van der Waals surface area contributed by atoms with Gasteiger partial charge in [-0.1, -0.05) is 30.3 Å². The fourth-order valence-corrected chi connectivity index (χ4v) is 3.70. The van der Waals surface area contributed by atoms with Crippen LogP contribution in [0.15, 0.2) is 59.6 Å². The molecule has 7 heteroatoms. The summed E-state index contributed by atoms with van der Waals surface area (Å²) >= 11 is 1.33. The molecule has 0 saturated heterocycles. The zero-order valence-corrected chi connectivity index (χ0v) is 16.5. The van der Waals surface area contributed by atoms with Crippen molar-refractivity contribution in [2.75, 3.05) is 12.4 Å². The van der Waals surface area contributed by atoms with E-state index in [2.05, 4.69) is 10.3 Å². The molecule has 1 heterocycles. The number of thioether (sulfide) groups is 1. The van der Waals surface area contributed by atoms with Crippen molar-refractivity contribution in [3.8, 4) is 5.75 Å². The molecule has 1 fully saturated rings. The summed E-state index contributed by atoms with van der Waals surface area (Å²) in [6.45, 7) is -0.0312. The molecule has 0 bridgehead atoms. The van der Waals surface area contributed by atoms with Gasteiger partial charge >= 0.3 is 0 Å². The molecule has 5 nitrogen and oxygen atoms in total. The molecule has 1 aliphatic carbocycles. The minimum atomic E-state index is -0.809. The molecule has 1 aromatic heterocycles. The lowest BCUT2D eigenvalue weighted by Crippen LogP contribution is -2.25. The lowest BCUT2D eigenvalue weighted by Gasteiger charge is -2.13. The summed E-state index contributed by atoms with van der Waals surface area (Å²) in [5.74, 6) is -0.144. The van der Waals surface area contributed by atoms with Crippen molar-refractivity contribution in [3.05, 3.63) is 66.0 Å². The lowest BCUT2D eigenvalue weighted by atomic mass is 10.1. The van der Waals surface area contributed by atoms with Gasteiger partial charge in [0.25, 0.3) is 5.91 Å². The Kier molecular flexibility index (Phi) is 5.97. The SMILES string of the molecule is O=C(NC1CC1)c1cc(SC[C@H](O)COc2ccccc2F)nc2ccccc12. The summed E-state index contributed by atoms with van der Waals surface area (Å²) in [5, 5.41) is 14.7. The number of aromatic nitrogens is 1. The highest BCUT2D eigenvalue weighted by molar-refractivity contribution is 7.99. The Labute approximate surface area is 172 Å². The van der Waals surface area contributed by atoms with E-state index < -0.39 is 11.9 Å². The van der Waals surface area contributed by atoms with Crippen LogP contribution >= 0.6 is 11.8 Å². The standard InChI is InChI=1S/C22H21FN2O3S/c23-18-6-2-4-8-20(18)28-12-15(26)13-29-21-11-17(22(27)24-14-9-10-14)16-5-1-3-7-19(16)25-21/h1-8,11,14-15,26H,9-10,12-13H2,(H,24,27)/t15-/m1/s1. The number of halogens is 1. The molecule has 1 saturated carbocycles. The Balaban J connectivity index is 1.43. The molecule has 0 unspecified atom stereocenters. The smallest absolute Gasteiger partial charge is 0.252 e. The molecular weight excluding hydrogens is 391 g/mol. The summed E-state index contributed by atoms with van der Waals surface area (Å²) in [5.41, 5.74) is 1.32. The molecule has 0 radical (unpaired) electrons. The average Bonchev–Trinajstić information content (AvgIpc) is 3.55. The van der Waals surface area contributed by atoms with Crippen molar-refractivity contribution in [2.24, 2.45) is 0 Å². The first-order valence-corrected chi connectivity index (χ1v) is 10.5. The highest BCUT2D eigenvalue weighted by Crippen LogP contribution is 2.26. The van der Waals surface area contributed by atoms with Gasteiger partial charge in [0.15, 0.2) is 11.6 Å². The number of ether oxygens (including phenoxy) is 1. The van der Waals surface area contributed by atoms with E-state index >= 15 is 0 Å². The van der Waals surface area contributed by atoms with Gasteiger partial charge in [-0.2, -0.15) is 0 Å². The highest BCUT2D eigenvalue weighted by Gasteiger charge is 2.25. The van der Waals surface area contributed by atoms with Crippen LogP contribution in [0.3, 0.4) is 0 Å². The Hall–Kier alpha value is -2.64. The lowest BCUT2D eigenvalue weighted by molar-refractivity contribution is 0.0952. The maximum atomic E-state index is 13.6. The van der Waals surface area contributed by atoms with Gasteiger partial charge < -0.3 is 15.2 Å². The van der Waals surface area contributed by atoms with Crippen LogP contribution in [0.25, 0.3) is 10.9 Å². The number of aliphatic hydroxyl groups excluding tert-OH is 1. The van der Waals surface area contributed by atoms with E-state index in [9.17, 15) is 14.3 Å². The third-order valence-electron chi connectivity index (χ3n) is 4.54. The minimum Gasteiger partial charge on any atom is -0.488 e. The van der Waals surface area contributed by atoms with E-state index in [1.807, 2.05) is 24.3 Å². The topological polar surface area (TPSA) is 71.5 Å². The van der Waals surface area contributed by atoms with Crippen molar-refractivity contribution in [1.29, 1.82) is 0 Å². The first-order chi connectivity index (χ1) is 14.1. The Bertz CT molecular complexity index is 1030. The van der Waals surface area contributed by atoms with Crippen molar-refractivity contribution in [2.45, 2.75) is 30.0 Å². The molecule has 150 valence electrons. The molecule has 29 heavy (non-hydrogen) atoms. The number of para-hydroxylation sites is 2. The van der Waals surface area contributed by atoms with Crippen LogP contribution in [0.5, 0.6) is 5.75 Å². The Morgan fingerprint density at radius 1 is 1.24 bits per heavy atom. The number of pyridine rings is 1. The van der Waals surface area contributed by atoms with Gasteiger partial charge in [0.1, 0.15) is 6.61 Å². The second kappa shape index (κ2) is 8.80. The van der Waals surface area contributed by atoms with E-state index in [0.717, 1.165) is 23.7 Å². The van der Waals surface area contributed by atoms with E-state index in [-0.39, 0.29) is 24.3 Å². The number of fused-ring (bicyclic) bond motifs is 1. The fraction of sp³-hybridized carbons (Fsp3) is 0.273. The average molecular weight is 412 g/mol. The summed E-state index contributed by atoms with van der Waals surface area (Å²) in [4.78, 5) is 17.2. The number of aliphatic hydroxyl groups is 1. The molecule has 1 aliphatic rings. The van der Waals surface area contributed by atoms with Crippen LogP contribution in [0.4, 0.5) is 4.39 Å². The monoisotopic (exact) mass is 412 g/mol. The van der Waals surface area contributed by atoms with Crippen molar-refractivity contribution >= 4 is 28.6 Å². The van der Waals surface area contributed by atoms with Gasteiger partial charge in [0.05, 0.1) is 22.2 Å². The first-order valence-electron chi connectivity index (χ1n) is 9.49. The second-order valence-corrected chi connectivity index (χ2v) is 8.02. The molecule has 1 atom stereocenters. The molecule has 1 amide bonds. The molecule has 3 aromatic rings. The third-order valence-corrected chi connectivity index (χ3v) is 5.60. The third kappa shape index (κ3) is 5.05.